The average molecular weight is 339 g/mol. The van der Waals surface area contributed by atoms with Gasteiger partial charge in [-0.3, -0.25) is 19.9 Å². The van der Waals surface area contributed by atoms with E-state index < -0.39 is 17.4 Å². The van der Waals surface area contributed by atoms with Crippen molar-refractivity contribution >= 4 is 17.4 Å². The van der Waals surface area contributed by atoms with Crippen LogP contribution in [-0.4, -0.2) is 27.4 Å². The first-order valence-electron chi connectivity index (χ1n) is 6.44. The van der Waals surface area contributed by atoms with Crippen LogP contribution in [0.1, 0.15) is 16.1 Å². The first-order valence-corrected chi connectivity index (χ1v) is 6.44. The normalized spacial score (nSPS) is 10.5. The Bertz CT molecular complexity index is 755. The van der Waals surface area contributed by atoms with Crippen molar-refractivity contribution in [2.24, 2.45) is 5.73 Å². The number of aromatic nitrogens is 2. The van der Waals surface area contributed by atoms with Crippen molar-refractivity contribution in [1.29, 1.82) is 0 Å². The van der Waals surface area contributed by atoms with E-state index in [9.17, 15) is 23.7 Å². The number of nitro groups is 1. The van der Waals surface area contributed by atoms with Gasteiger partial charge in [0.25, 0.3) is 11.6 Å². The molecule has 0 aliphatic rings. The maximum Gasteiger partial charge on any atom is 0.387 e. The fraction of sp³-hybridized carbons (Fsp3) is 0.154. The second-order valence-corrected chi connectivity index (χ2v) is 4.43. The van der Waals surface area contributed by atoms with Gasteiger partial charge in [-0.25, -0.2) is 4.98 Å². The van der Waals surface area contributed by atoms with Crippen molar-refractivity contribution in [3.05, 3.63) is 52.0 Å². The van der Waals surface area contributed by atoms with Crippen LogP contribution in [0.25, 0.3) is 0 Å². The zero-order valence-electron chi connectivity index (χ0n) is 12.0. The molecule has 0 spiro atoms. The summed E-state index contributed by atoms with van der Waals surface area (Å²) in [5.74, 6) is -0.940. The third kappa shape index (κ3) is 4.32. The molecular weight excluding hydrogens is 328 g/mol. The van der Waals surface area contributed by atoms with Gasteiger partial charge in [-0.1, -0.05) is 0 Å². The minimum atomic E-state index is -2.95. The summed E-state index contributed by atoms with van der Waals surface area (Å²) < 4.78 is 28.2. The fourth-order valence-corrected chi connectivity index (χ4v) is 1.74. The topological polar surface area (TPSA) is 133 Å². The van der Waals surface area contributed by atoms with Gasteiger partial charge in [-0.05, 0) is 12.1 Å². The number of pyridine rings is 2. The summed E-state index contributed by atoms with van der Waals surface area (Å²) in [6.07, 6.45) is 2.09. The van der Waals surface area contributed by atoms with Gasteiger partial charge in [0.05, 0.1) is 28.9 Å². The maximum absolute atomic E-state index is 12.0. The summed E-state index contributed by atoms with van der Waals surface area (Å²) in [5.41, 5.74) is 5.09. The summed E-state index contributed by atoms with van der Waals surface area (Å²) in [6, 6.07) is 3.74. The number of hydrogen-bond donors (Lipinski definition) is 2. The number of nitrogens with two attached hydrogens (primary N) is 1. The number of primary amides is 1. The van der Waals surface area contributed by atoms with Crippen LogP contribution >= 0.6 is 0 Å². The lowest BCUT2D eigenvalue weighted by Crippen LogP contribution is -2.16. The van der Waals surface area contributed by atoms with Crippen LogP contribution in [0.15, 0.2) is 30.6 Å². The number of nitrogens with one attached hydrogen (secondary N) is 1. The van der Waals surface area contributed by atoms with Gasteiger partial charge < -0.3 is 15.8 Å². The van der Waals surface area contributed by atoms with Gasteiger partial charge in [0.2, 0.25) is 0 Å². The summed E-state index contributed by atoms with van der Waals surface area (Å²) in [6.45, 7) is -2.86. The molecule has 2 aromatic rings. The maximum atomic E-state index is 12.0. The third-order valence-electron chi connectivity index (χ3n) is 2.81. The molecule has 0 aliphatic heterocycles. The lowest BCUT2D eigenvalue weighted by atomic mass is 10.2. The van der Waals surface area contributed by atoms with E-state index in [1.54, 1.807) is 0 Å². The minimum Gasteiger partial charge on any atom is -0.433 e. The lowest BCUT2D eigenvalue weighted by molar-refractivity contribution is -0.385. The van der Waals surface area contributed by atoms with Crippen LogP contribution in [0.3, 0.4) is 0 Å². The number of anilines is 1. The highest BCUT2D eigenvalue weighted by atomic mass is 19.3. The molecule has 0 atom stereocenters. The van der Waals surface area contributed by atoms with Crippen LogP contribution in [0, 0.1) is 10.1 Å². The average Bonchev–Trinajstić information content (AvgIpc) is 2.53. The van der Waals surface area contributed by atoms with Gasteiger partial charge in [0, 0.05) is 6.07 Å². The SMILES string of the molecule is NC(=O)c1cc([N+](=O)[O-])cnc1NCc1ccc(OC(F)F)cn1. The number of alkyl halides is 2. The van der Waals surface area contributed by atoms with Gasteiger partial charge >= 0.3 is 6.61 Å². The Morgan fingerprint density at radius 3 is 2.67 bits per heavy atom. The van der Waals surface area contributed by atoms with E-state index in [0.717, 1.165) is 18.5 Å². The van der Waals surface area contributed by atoms with Gasteiger partial charge in [0.15, 0.2) is 0 Å². The van der Waals surface area contributed by atoms with Crippen LogP contribution in [0.2, 0.25) is 0 Å². The Labute approximate surface area is 133 Å². The van der Waals surface area contributed by atoms with Crippen molar-refractivity contribution in [2.45, 2.75) is 13.2 Å². The molecule has 3 N–H and O–H groups in total. The summed E-state index contributed by atoms with van der Waals surface area (Å²) in [4.78, 5) is 29.0. The highest BCUT2D eigenvalue weighted by molar-refractivity contribution is 5.98. The first-order chi connectivity index (χ1) is 11.4. The van der Waals surface area contributed by atoms with E-state index in [-0.39, 0.29) is 29.4 Å². The van der Waals surface area contributed by atoms with Crippen molar-refractivity contribution < 1.29 is 23.2 Å². The molecule has 0 saturated carbocycles. The van der Waals surface area contributed by atoms with E-state index in [0.29, 0.717) is 5.69 Å². The third-order valence-corrected chi connectivity index (χ3v) is 2.81. The predicted molar refractivity (Wildman–Crippen MR) is 77.6 cm³/mol. The standard InChI is InChI=1S/C13H11F2N5O4/c14-13(15)24-9-2-1-7(17-6-9)4-18-12-10(11(16)21)3-8(5-19-12)20(22)23/h1-3,5-6,13H,4H2,(H2,16,21)(H,18,19). The van der Waals surface area contributed by atoms with Crippen molar-refractivity contribution in [3.8, 4) is 5.75 Å². The number of halogens is 2. The Hall–Kier alpha value is -3.37. The molecule has 0 bridgehead atoms. The van der Waals surface area contributed by atoms with Crippen LogP contribution < -0.4 is 15.8 Å². The highest BCUT2D eigenvalue weighted by Gasteiger charge is 2.16. The number of ether oxygens (including phenoxy) is 1. The van der Waals surface area contributed by atoms with Crippen molar-refractivity contribution in [1.82, 2.24) is 9.97 Å². The molecule has 2 aromatic heterocycles. The van der Waals surface area contributed by atoms with Gasteiger partial charge in [0.1, 0.15) is 17.8 Å². The first kappa shape index (κ1) is 17.0. The lowest BCUT2D eigenvalue weighted by Gasteiger charge is -2.09. The van der Waals surface area contributed by atoms with E-state index in [4.69, 9.17) is 5.73 Å². The Morgan fingerprint density at radius 1 is 1.38 bits per heavy atom. The molecule has 2 rings (SSSR count). The van der Waals surface area contributed by atoms with E-state index in [1.807, 2.05) is 0 Å². The van der Waals surface area contributed by atoms with Gasteiger partial charge in [-0.2, -0.15) is 8.78 Å². The summed E-state index contributed by atoms with van der Waals surface area (Å²) in [7, 11) is 0. The quantitative estimate of drug-likeness (QED) is 0.579. The van der Waals surface area contributed by atoms with Crippen LogP contribution in [0.5, 0.6) is 5.75 Å². The molecule has 9 nitrogen and oxygen atoms in total. The van der Waals surface area contributed by atoms with E-state index in [1.165, 1.54) is 12.1 Å². The number of amides is 1. The molecular formula is C13H11F2N5O4. The molecule has 0 aliphatic carbocycles. The Balaban J connectivity index is 2.11. The van der Waals surface area contributed by atoms with Crippen molar-refractivity contribution in [3.63, 3.8) is 0 Å². The fourth-order valence-electron chi connectivity index (χ4n) is 1.74. The zero-order chi connectivity index (χ0) is 17.7. The molecule has 0 fully saturated rings. The zero-order valence-corrected chi connectivity index (χ0v) is 12.0. The van der Waals surface area contributed by atoms with E-state index in [2.05, 4.69) is 20.0 Å². The smallest absolute Gasteiger partial charge is 0.387 e. The highest BCUT2D eigenvalue weighted by Crippen LogP contribution is 2.19. The molecule has 2 heterocycles. The molecule has 0 unspecified atom stereocenters. The Kier molecular flexibility index (Phi) is 5.14. The molecule has 126 valence electrons. The number of hydrogen-bond acceptors (Lipinski definition) is 7. The minimum absolute atomic E-state index is 0.0443. The number of carbonyl (C=O) groups is 1. The summed E-state index contributed by atoms with van der Waals surface area (Å²) in [5, 5.41) is 13.4. The second-order valence-electron chi connectivity index (χ2n) is 4.43. The largest absolute Gasteiger partial charge is 0.433 e. The molecule has 0 aromatic carbocycles. The Morgan fingerprint density at radius 2 is 2.12 bits per heavy atom. The molecule has 1 amide bonds. The van der Waals surface area contributed by atoms with Crippen LogP contribution in [-0.2, 0) is 6.54 Å². The predicted octanol–water partition coefficient (Wildman–Crippen LogP) is 1.70. The van der Waals surface area contributed by atoms with Crippen LogP contribution in [0.4, 0.5) is 20.3 Å². The number of rotatable bonds is 7. The summed E-state index contributed by atoms with van der Waals surface area (Å²) >= 11 is 0. The number of nitrogens with zero attached hydrogens (tertiary/aromatic N) is 3. The molecule has 0 radical (unpaired) electrons. The number of carbonyl (C=O) groups excluding carboxylic acids is 1. The van der Waals surface area contributed by atoms with Crippen molar-refractivity contribution in [2.75, 3.05) is 5.32 Å². The molecule has 24 heavy (non-hydrogen) atoms. The molecule has 11 heteroatoms. The monoisotopic (exact) mass is 339 g/mol. The van der Waals surface area contributed by atoms with Gasteiger partial charge in [-0.15, -0.1) is 0 Å². The second kappa shape index (κ2) is 7.26. The van der Waals surface area contributed by atoms with E-state index >= 15 is 0 Å². The molecule has 0 saturated heterocycles.